The minimum Gasteiger partial charge on any atom is -0.451 e. The summed E-state index contributed by atoms with van der Waals surface area (Å²) in [4.78, 5) is 48.7. The Morgan fingerprint density at radius 3 is 2.77 bits per heavy atom. The molecule has 0 N–H and O–H groups in total. The topological polar surface area (TPSA) is 125 Å². The van der Waals surface area contributed by atoms with Crippen molar-refractivity contribution in [3.8, 4) is 28.1 Å². The van der Waals surface area contributed by atoms with Crippen molar-refractivity contribution in [2.45, 2.75) is 12.2 Å². The number of carbonyl (C=O) groups excluding carboxylic acids is 2. The number of amides is 1. The number of carbonyl (C=O) groups is 2. The molecule has 0 bridgehead atoms. The van der Waals surface area contributed by atoms with Gasteiger partial charge in [0, 0.05) is 41.7 Å². The molecule has 2 unspecified atom stereocenters. The SMILES string of the molecule is COC(=O)OCOc1c2n(ccc1=O)N(C1c3ccccc3-c3ncncc3-c3c1ccc(F)c3F)C1COCCN1C2=O. The molecule has 224 valence electrons. The van der Waals surface area contributed by atoms with Gasteiger partial charge in [0.05, 0.1) is 32.1 Å². The number of fused-ring (bicyclic) bond motifs is 7. The Kier molecular flexibility index (Phi) is 6.69. The van der Waals surface area contributed by atoms with E-state index in [2.05, 4.69) is 14.7 Å². The molecule has 12 nitrogen and oxygen atoms in total. The average Bonchev–Trinajstić information content (AvgIpc) is 3.17. The first-order chi connectivity index (χ1) is 21.4. The number of halogens is 2. The van der Waals surface area contributed by atoms with Crippen molar-refractivity contribution in [1.82, 2.24) is 19.5 Å². The predicted octanol–water partition coefficient (Wildman–Crippen LogP) is 3.22. The molecule has 0 saturated carbocycles. The lowest BCUT2D eigenvalue weighted by atomic mass is 9.92. The van der Waals surface area contributed by atoms with Crippen molar-refractivity contribution in [1.29, 1.82) is 0 Å². The van der Waals surface area contributed by atoms with Crippen molar-refractivity contribution < 1.29 is 37.3 Å². The van der Waals surface area contributed by atoms with Crippen LogP contribution < -0.4 is 15.2 Å². The summed E-state index contributed by atoms with van der Waals surface area (Å²) in [6.45, 7) is -0.227. The van der Waals surface area contributed by atoms with E-state index in [1.54, 1.807) is 5.01 Å². The number of hydrogen-bond donors (Lipinski definition) is 0. The van der Waals surface area contributed by atoms with Crippen LogP contribution in [0.4, 0.5) is 13.6 Å². The van der Waals surface area contributed by atoms with E-state index in [9.17, 15) is 18.8 Å². The first-order valence-corrected chi connectivity index (χ1v) is 13.5. The fraction of sp³-hybridized carbons (Fsp3) is 0.233. The third-order valence-electron chi connectivity index (χ3n) is 7.88. The van der Waals surface area contributed by atoms with Gasteiger partial charge in [-0.25, -0.2) is 23.5 Å². The maximum absolute atomic E-state index is 15.9. The molecule has 2 aromatic heterocycles. The molecule has 2 aromatic carbocycles. The van der Waals surface area contributed by atoms with Crippen LogP contribution in [-0.4, -0.2) is 71.4 Å². The molecule has 7 rings (SSSR count). The molecule has 3 aliphatic rings. The quantitative estimate of drug-likeness (QED) is 0.254. The summed E-state index contributed by atoms with van der Waals surface area (Å²) in [5.74, 6) is -3.02. The fourth-order valence-corrected chi connectivity index (χ4v) is 6.05. The molecule has 14 heteroatoms. The number of methoxy groups -OCH3 is 1. The molecule has 0 radical (unpaired) electrons. The largest absolute Gasteiger partial charge is 0.510 e. The first kappa shape index (κ1) is 27.5. The van der Waals surface area contributed by atoms with Gasteiger partial charge in [-0.15, -0.1) is 0 Å². The van der Waals surface area contributed by atoms with Gasteiger partial charge in [0.2, 0.25) is 18.0 Å². The molecule has 2 atom stereocenters. The number of aromatic nitrogens is 3. The molecule has 2 aliphatic heterocycles. The van der Waals surface area contributed by atoms with E-state index in [0.717, 1.165) is 13.2 Å². The number of ether oxygens (including phenoxy) is 4. The monoisotopic (exact) mass is 603 g/mol. The summed E-state index contributed by atoms with van der Waals surface area (Å²) in [6, 6.07) is 10.2. The first-order valence-electron chi connectivity index (χ1n) is 13.5. The molecule has 1 amide bonds. The van der Waals surface area contributed by atoms with Crippen molar-refractivity contribution in [2.75, 3.05) is 38.7 Å². The van der Waals surface area contributed by atoms with E-state index in [1.165, 1.54) is 40.4 Å². The fourth-order valence-electron chi connectivity index (χ4n) is 6.05. The summed E-state index contributed by atoms with van der Waals surface area (Å²) in [7, 11) is 1.11. The Morgan fingerprint density at radius 2 is 1.93 bits per heavy atom. The summed E-state index contributed by atoms with van der Waals surface area (Å²) >= 11 is 0. The number of hydrogen-bond acceptors (Lipinski definition) is 10. The van der Waals surface area contributed by atoms with Crippen LogP contribution in [0.15, 0.2) is 66.0 Å². The number of morpholine rings is 1. The summed E-state index contributed by atoms with van der Waals surface area (Å²) in [6.07, 6.45) is 2.41. The van der Waals surface area contributed by atoms with Crippen LogP contribution in [0.2, 0.25) is 0 Å². The van der Waals surface area contributed by atoms with Gasteiger partial charge in [-0.05, 0) is 17.2 Å². The molecule has 0 spiro atoms. The third-order valence-corrected chi connectivity index (χ3v) is 7.88. The van der Waals surface area contributed by atoms with Gasteiger partial charge >= 0.3 is 6.16 Å². The van der Waals surface area contributed by atoms with Gasteiger partial charge in [-0.1, -0.05) is 30.3 Å². The van der Waals surface area contributed by atoms with Gasteiger partial charge in [-0.2, -0.15) is 0 Å². The van der Waals surface area contributed by atoms with Gasteiger partial charge in [0.25, 0.3) is 5.91 Å². The Hall–Kier alpha value is -5.37. The van der Waals surface area contributed by atoms with Crippen LogP contribution in [0, 0.1) is 11.6 Å². The second kappa shape index (κ2) is 10.7. The lowest BCUT2D eigenvalue weighted by molar-refractivity contribution is -0.0208. The smallest absolute Gasteiger partial charge is 0.451 e. The van der Waals surface area contributed by atoms with Gasteiger partial charge in [-0.3, -0.25) is 19.3 Å². The zero-order valence-corrected chi connectivity index (χ0v) is 23.1. The lowest BCUT2D eigenvalue weighted by Crippen LogP contribution is -2.66. The number of benzene rings is 2. The molecule has 4 heterocycles. The normalized spacial score (nSPS) is 18.2. The Balaban J connectivity index is 1.51. The van der Waals surface area contributed by atoms with Gasteiger partial charge in [0.15, 0.2) is 17.3 Å². The second-order valence-corrected chi connectivity index (χ2v) is 10.1. The predicted molar refractivity (Wildman–Crippen MR) is 148 cm³/mol. The number of rotatable bonds is 4. The number of pyridine rings is 1. The highest BCUT2D eigenvalue weighted by atomic mass is 19.2. The third kappa shape index (κ3) is 4.17. The maximum Gasteiger partial charge on any atom is 0.510 e. The Labute approximate surface area is 247 Å². The van der Waals surface area contributed by atoms with E-state index < -0.39 is 48.1 Å². The number of nitrogens with zero attached hydrogens (tertiary/aromatic N) is 5. The molecular weight excluding hydrogens is 580 g/mol. The standard InChI is InChI=1S/C30H23F2N5O7/c1-41-30(40)44-15-43-28-21(38)8-9-36-27(28)29(39)35-10-11-42-13-22(35)37(36)26-17-5-3-2-4-16(17)25-19(12-33-14-34-25)23-18(26)6-7-20(31)24(23)32/h2-9,12,14,22,26H,10-11,13,15H2,1H3. The van der Waals surface area contributed by atoms with Crippen LogP contribution in [0.1, 0.15) is 27.7 Å². The Bertz CT molecular complexity index is 1880. The Morgan fingerprint density at radius 1 is 1.09 bits per heavy atom. The van der Waals surface area contributed by atoms with Crippen molar-refractivity contribution >= 4 is 12.1 Å². The van der Waals surface area contributed by atoms with Crippen LogP contribution in [0.25, 0.3) is 22.4 Å². The van der Waals surface area contributed by atoms with Crippen molar-refractivity contribution in [2.24, 2.45) is 0 Å². The molecular formula is C30H23F2N5O7. The van der Waals surface area contributed by atoms with E-state index in [0.29, 0.717) is 27.9 Å². The van der Waals surface area contributed by atoms with Crippen LogP contribution in [-0.2, 0) is 14.2 Å². The van der Waals surface area contributed by atoms with Gasteiger partial charge in [0.1, 0.15) is 12.5 Å². The minimum absolute atomic E-state index is 0.0347. The zero-order valence-electron chi connectivity index (χ0n) is 23.1. The molecule has 1 saturated heterocycles. The second-order valence-electron chi connectivity index (χ2n) is 10.1. The highest BCUT2D eigenvalue weighted by Gasteiger charge is 2.47. The van der Waals surface area contributed by atoms with Gasteiger partial charge < -0.3 is 23.8 Å². The summed E-state index contributed by atoms with van der Waals surface area (Å²) in [5, 5.41) is 1.78. The van der Waals surface area contributed by atoms with E-state index >= 15 is 4.39 Å². The van der Waals surface area contributed by atoms with Crippen LogP contribution in [0.5, 0.6) is 5.75 Å². The highest BCUT2D eigenvalue weighted by molar-refractivity contribution is 5.97. The highest BCUT2D eigenvalue weighted by Crippen LogP contribution is 2.48. The van der Waals surface area contributed by atoms with Crippen LogP contribution in [0.3, 0.4) is 0 Å². The zero-order chi connectivity index (χ0) is 30.5. The minimum atomic E-state index is -1.08. The molecule has 44 heavy (non-hydrogen) atoms. The van der Waals surface area contributed by atoms with E-state index in [1.807, 2.05) is 24.3 Å². The summed E-state index contributed by atoms with van der Waals surface area (Å²) in [5.41, 5.74) is 1.55. The lowest BCUT2D eigenvalue weighted by Gasteiger charge is -2.51. The summed E-state index contributed by atoms with van der Waals surface area (Å²) < 4.78 is 52.9. The maximum atomic E-state index is 15.9. The van der Waals surface area contributed by atoms with Crippen molar-refractivity contribution in [3.63, 3.8) is 0 Å². The molecule has 4 aromatic rings. The molecule has 1 fully saturated rings. The van der Waals surface area contributed by atoms with E-state index in [-0.39, 0.29) is 36.8 Å². The average molecular weight is 604 g/mol. The van der Waals surface area contributed by atoms with Crippen LogP contribution >= 0.6 is 0 Å². The molecule has 1 aliphatic carbocycles. The van der Waals surface area contributed by atoms with Crippen molar-refractivity contribution in [3.05, 3.63) is 99.9 Å². The van der Waals surface area contributed by atoms with E-state index in [4.69, 9.17) is 14.2 Å².